The van der Waals surface area contributed by atoms with Gasteiger partial charge in [0.2, 0.25) is 0 Å². The number of aromatic nitrogens is 1. The molecule has 0 fully saturated rings. The number of nitrogens with zero attached hydrogens (tertiary/aromatic N) is 3. The number of aliphatic imine (C=N–C) groups is 1. The predicted octanol–water partition coefficient (Wildman–Crippen LogP) is 2.72. The fourth-order valence-electron chi connectivity index (χ4n) is 3.13. The highest BCUT2D eigenvalue weighted by atomic mass is 15.2. The normalized spacial score (nSPS) is 14.2. The minimum atomic E-state index is 0.668. The van der Waals surface area contributed by atoms with Crippen molar-refractivity contribution in [2.24, 2.45) is 4.99 Å². The van der Waals surface area contributed by atoms with Crippen molar-refractivity contribution in [2.75, 3.05) is 25.0 Å². The lowest BCUT2D eigenvalue weighted by molar-refractivity contribution is 0.742. The highest BCUT2D eigenvalue weighted by molar-refractivity contribution is 5.79. The zero-order valence-corrected chi connectivity index (χ0v) is 15.1. The van der Waals surface area contributed by atoms with Crippen LogP contribution in [0.15, 0.2) is 47.6 Å². The fraction of sp³-hybridized carbons (Fsp3) is 0.400. The number of anilines is 1. The van der Waals surface area contributed by atoms with Crippen LogP contribution in [0.1, 0.15) is 30.2 Å². The van der Waals surface area contributed by atoms with Crippen molar-refractivity contribution in [2.45, 2.75) is 32.9 Å². The van der Waals surface area contributed by atoms with Crippen LogP contribution in [0.3, 0.4) is 0 Å². The highest BCUT2D eigenvalue weighted by Crippen LogP contribution is 2.26. The summed E-state index contributed by atoms with van der Waals surface area (Å²) in [5.41, 5.74) is 5.06. The van der Waals surface area contributed by atoms with Gasteiger partial charge in [-0.05, 0) is 49.1 Å². The van der Waals surface area contributed by atoms with Crippen LogP contribution in [-0.2, 0) is 19.5 Å². The largest absolute Gasteiger partial charge is 0.374 e. The minimum Gasteiger partial charge on any atom is -0.374 e. The van der Waals surface area contributed by atoms with Crippen LogP contribution < -0.4 is 15.5 Å². The second-order valence-electron chi connectivity index (χ2n) is 6.36. The van der Waals surface area contributed by atoms with Crippen molar-refractivity contribution in [3.05, 3.63) is 59.4 Å². The van der Waals surface area contributed by atoms with E-state index in [9.17, 15) is 0 Å². The summed E-state index contributed by atoms with van der Waals surface area (Å²) in [4.78, 5) is 11.4. The van der Waals surface area contributed by atoms with Crippen molar-refractivity contribution < 1.29 is 0 Å². The van der Waals surface area contributed by atoms with Gasteiger partial charge in [-0.15, -0.1) is 0 Å². The average Bonchev–Trinajstić information content (AvgIpc) is 2.65. The number of aryl methyl sites for hydroxylation is 1. The number of hydrogen-bond acceptors (Lipinski definition) is 3. The Kier molecular flexibility index (Phi) is 5.88. The molecule has 3 rings (SSSR count). The van der Waals surface area contributed by atoms with E-state index < -0.39 is 0 Å². The van der Waals surface area contributed by atoms with Gasteiger partial charge in [0.15, 0.2) is 5.96 Å². The molecule has 132 valence electrons. The summed E-state index contributed by atoms with van der Waals surface area (Å²) in [6.07, 6.45) is 4.20. The van der Waals surface area contributed by atoms with Gasteiger partial charge in [-0.1, -0.05) is 18.2 Å². The van der Waals surface area contributed by atoms with E-state index in [1.807, 2.05) is 24.4 Å². The van der Waals surface area contributed by atoms with E-state index in [2.05, 4.69) is 52.7 Å². The molecule has 0 aliphatic carbocycles. The Morgan fingerprint density at radius 2 is 2.16 bits per heavy atom. The van der Waals surface area contributed by atoms with Crippen molar-refractivity contribution in [3.63, 3.8) is 0 Å². The zero-order chi connectivity index (χ0) is 17.5. The number of benzene rings is 1. The fourth-order valence-corrected chi connectivity index (χ4v) is 3.13. The second-order valence-corrected chi connectivity index (χ2v) is 6.36. The number of guanidine groups is 1. The van der Waals surface area contributed by atoms with E-state index in [-0.39, 0.29) is 0 Å². The molecule has 0 bridgehead atoms. The number of fused-ring (bicyclic) bond motifs is 1. The molecule has 5 heteroatoms. The first kappa shape index (κ1) is 17.3. The van der Waals surface area contributed by atoms with Crippen LogP contribution in [0, 0.1) is 0 Å². The van der Waals surface area contributed by atoms with Gasteiger partial charge in [-0.25, -0.2) is 4.99 Å². The highest BCUT2D eigenvalue weighted by Gasteiger charge is 2.13. The molecule has 2 N–H and O–H groups in total. The number of pyridine rings is 1. The maximum atomic E-state index is 4.72. The van der Waals surface area contributed by atoms with Gasteiger partial charge in [-0.2, -0.15) is 0 Å². The van der Waals surface area contributed by atoms with Crippen molar-refractivity contribution >= 4 is 11.6 Å². The Hall–Kier alpha value is -2.56. The van der Waals surface area contributed by atoms with Crippen LogP contribution in [0.25, 0.3) is 0 Å². The molecule has 0 radical (unpaired) electrons. The maximum Gasteiger partial charge on any atom is 0.191 e. The molecule has 25 heavy (non-hydrogen) atoms. The van der Waals surface area contributed by atoms with Crippen LogP contribution in [0.2, 0.25) is 0 Å². The van der Waals surface area contributed by atoms with Gasteiger partial charge in [0, 0.05) is 32.0 Å². The Morgan fingerprint density at radius 3 is 2.96 bits per heavy atom. The molecule has 1 aromatic heterocycles. The molecule has 1 aliphatic rings. The molecule has 1 aliphatic heterocycles. The minimum absolute atomic E-state index is 0.668. The molecular formula is C20H27N5. The maximum absolute atomic E-state index is 4.72. The summed E-state index contributed by atoms with van der Waals surface area (Å²) >= 11 is 0. The third kappa shape index (κ3) is 4.72. The SMILES string of the molecule is CCNC(=NCc1ccc2c(c1)CCCN2C)NCc1ccccn1. The first-order valence-electron chi connectivity index (χ1n) is 9.01. The van der Waals surface area contributed by atoms with Gasteiger partial charge >= 0.3 is 0 Å². The summed E-state index contributed by atoms with van der Waals surface area (Å²) < 4.78 is 0. The van der Waals surface area contributed by atoms with Gasteiger partial charge in [0.05, 0.1) is 18.8 Å². The molecule has 0 saturated heterocycles. The Labute approximate surface area is 150 Å². The molecule has 1 aromatic carbocycles. The number of rotatable bonds is 5. The Bertz CT molecular complexity index is 711. The average molecular weight is 337 g/mol. The van der Waals surface area contributed by atoms with Gasteiger partial charge in [-0.3, -0.25) is 4.98 Å². The molecule has 2 heterocycles. The molecule has 0 spiro atoms. The summed E-state index contributed by atoms with van der Waals surface area (Å²) in [6, 6.07) is 12.7. The van der Waals surface area contributed by atoms with E-state index in [0.29, 0.717) is 13.1 Å². The smallest absolute Gasteiger partial charge is 0.191 e. The molecule has 0 unspecified atom stereocenters. The van der Waals surface area contributed by atoms with Crippen molar-refractivity contribution in [1.82, 2.24) is 15.6 Å². The summed E-state index contributed by atoms with van der Waals surface area (Å²) in [7, 11) is 2.17. The summed E-state index contributed by atoms with van der Waals surface area (Å²) in [5.74, 6) is 0.822. The standard InChI is InChI=1S/C20H27N5/c1-3-21-20(24-15-18-8-4-5-11-22-18)23-14-16-9-10-19-17(13-16)7-6-12-25(19)2/h4-5,8-11,13H,3,6-7,12,14-15H2,1-2H3,(H2,21,23,24). The quantitative estimate of drug-likeness (QED) is 0.651. The first-order chi connectivity index (χ1) is 12.3. The Balaban J connectivity index is 1.65. The van der Waals surface area contributed by atoms with E-state index in [1.165, 1.54) is 23.2 Å². The molecule has 5 nitrogen and oxygen atoms in total. The summed E-state index contributed by atoms with van der Waals surface area (Å²) in [6.45, 7) is 5.40. The summed E-state index contributed by atoms with van der Waals surface area (Å²) in [5, 5.41) is 6.64. The predicted molar refractivity (Wildman–Crippen MR) is 104 cm³/mol. The lowest BCUT2D eigenvalue weighted by Gasteiger charge is -2.27. The topological polar surface area (TPSA) is 52.6 Å². The molecule has 2 aromatic rings. The second kappa shape index (κ2) is 8.51. The molecule has 0 saturated carbocycles. The lowest BCUT2D eigenvalue weighted by Crippen LogP contribution is -2.37. The van der Waals surface area contributed by atoms with E-state index in [4.69, 9.17) is 4.99 Å². The zero-order valence-electron chi connectivity index (χ0n) is 15.1. The number of hydrogen-bond donors (Lipinski definition) is 2. The van der Waals surface area contributed by atoms with Gasteiger partial charge < -0.3 is 15.5 Å². The third-order valence-corrected chi connectivity index (χ3v) is 4.42. The van der Waals surface area contributed by atoms with Crippen LogP contribution in [-0.4, -0.2) is 31.1 Å². The van der Waals surface area contributed by atoms with Crippen LogP contribution >= 0.6 is 0 Å². The monoisotopic (exact) mass is 337 g/mol. The third-order valence-electron chi connectivity index (χ3n) is 4.42. The molecule has 0 amide bonds. The lowest BCUT2D eigenvalue weighted by atomic mass is 10.00. The van der Waals surface area contributed by atoms with Crippen LogP contribution in [0.5, 0.6) is 0 Å². The van der Waals surface area contributed by atoms with E-state index >= 15 is 0 Å². The molecular weight excluding hydrogens is 310 g/mol. The van der Waals surface area contributed by atoms with Gasteiger partial charge in [0.25, 0.3) is 0 Å². The van der Waals surface area contributed by atoms with Crippen LogP contribution in [0.4, 0.5) is 5.69 Å². The van der Waals surface area contributed by atoms with Crippen molar-refractivity contribution in [1.29, 1.82) is 0 Å². The van der Waals surface area contributed by atoms with Gasteiger partial charge in [0.1, 0.15) is 0 Å². The Morgan fingerprint density at radius 1 is 1.24 bits per heavy atom. The van der Waals surface area contributed by atoms with E-state index in [1.54, 1.807) is 0 Å². The first-order valence-corrected chi connectivity index (χ1v) is 9.01. The number of nitrogens with one attached hydrogen (secondary N) is 2. The van der Waals surface area contributed by atoms with Crippen molar-refractivity contribution in [3.8, 4) is 0 Å². The molecule has 0 atom stereocenters. The van der Waals surface area contributed by atoms with E-state index in [0.717, 1.165) is 31.2 Å².